The van der Waals surface area contributed by atoms with Gasteiger partial charge in [-0.25, -0.2) is 0 Å². The molecule has 0 saturated heterocycles. The molecule has 0 atom stereocenters. The van der Waals surface area contributed by atoms with Crippen molar-refractivity contribution in [2.75, 3.05) is 6.61 Å². The third-order valence-electron chi connectivity index (χ3n) is 1.58. The Morgan fingerprint density at radius 2 is 2.23 bits per heavy atom. The van der Waals surface area contributed by atoms with Gasteiger partial charge in [0.05, 0.1) is 6.61 Å². The molecule has 13 heavy (non-hydrogen) atoms. The fourth-order valence-corrected chi connectivity index (χ4v) is 0.939. The van der Waals surface area contributed by atoms with Crippen LogP contribution in [0.2, 0.25) is 0 Å². The first-order chi connectivity index (χ1) is 6.22. The number of terminal acetylenes is 1. The largest absolute Gasteiger partial charge is 0.493 e. The molecule has 0 spiro atoms. The number of rotatable bonds is 3. The van der Waals surface area contributed by atoms with Gasteiger partial charge in [-0.2, -0.15) is 0 Å². The molecule has 0 saturated carbocycles. The predicted octanol–water partition coefficient (Wildman–Crippen LogP) is 2.70. The predicted molar refractivity (Wildman–Crippen MR) is 54.7 cm³/mol. The molecule has 1 rings (SSSR count). The summed E-state index contributed by atoms with van der Waals surface area (Å²) in [5.41, 5.74) is 0.862. The highest BCUT2D eigenvalue weighted by atomic mass is 16.5. The SMILES string of the molecule is C#Cc1cccc(OCC(C)C)c1. The molecule has 1 nitrogen and oxygen atoms in total. The Kier molecular flexibility index (Phi) is 3.40. The summed E-state index contributed by atoms with van der Waals surface area (Å²) in [4.78, 5) is 0. The van der Waals surface area contributed by atoms with Gasteiger partial charge < -0.3 is 4.74 Å². The molecule has 0 amide bonds. The van der Waals surface area contributed by atoms with Crippen molar-refractivity contribution in [3.05, 3.63) is 29.8 Å². The van der Waals surface area contributed by atoms with Crippen LogP contribution in [0.1, 0.15) is 19.4 Å². The maximum Gasteiger partial charge on any atom is 0.120 e. The van der Waals surface area contributed by atoms with Crippen LogP contribution in [0.5, 0.6) is 5.75 Å². The average molecular weight is 174 g/mol. The second-order valence-corrected chi connectivity index (χ2v) is 3.38. The van der Waals surface area contributed by atoms with Crippen LogP contribution in [-0.2, 0) is 0 Å². The molecule has 0 heterocycles. The van der Waals surface area contributed by atoms with Gasteiger partial charge >= 0.3 is 0 Å². The van der Waals surface area contributed by atoms with Crippen LogP contribution in [0.25, 0.3) is 0 Å². The first kappa shape index (κ1) is 9.67. The van der Waals surface area contributed by atoms with Crippen molar-refractivity contribution in [2.24, 2.45) is 5.92 Å². The van der Waals surface area contributed by atoms with Gasteiger partial charge in [-0.15, -0.1) is 6.42 Å². The molecule has 0 aliphatic carbocycles. The van der Waals surface area contributed by atoms with Crippen molar-refractivity contribution in [1.82, 2.24) is 0 Å². The number of hydrogen-bond donors (Lipinski definition) is 0. The minimum absolute atomic E-state index is 0.537. The summed E-state index contributed by atoms with van der Waals surface area (Å²) >= 11 is 0. The molecule has 0 aromatic heterocycles. The maximum absolute atomic E-state index is 5.51. The van der Waals surface area contributed by atoms with Gasteiger partial charge in [-0.05, 0) is 24.1 Å². The van der Waals surface area contributed by atoms with Crippen LogP contribution in [0.4, 0.5) is 0 Å². The first-order valence-corrected chi connectivity index (χ1v) is 4.42. The molecule has 0 fully saturated rings. The molecule has 0 unspecified atom stereocenters. The Balaban J connectivity index is 2.63. The van der Waals surface area contributed by atoms with Crippen molar-refractivity contribution < 1.29 is 4.74 Å². The van der Waals surface area contributed by atoms with Gasteiger partial charge in [0.15, 0.2) is 0 Å². The summed E-state index contributed by atoms with van der Waals surface area (Å²) < 4.78 is 5.51. The third-order valence-corrected chi connectivity index (χ3v) is 1.58. The minimum atomic E-state index is 0.537. The van der Waals surface area contributed by atoms with Gasteiger partial charge in [0.25, 0.3) is 0 Å². The Hall–Kier alpha value is -1.42. The second-order valence-electron chi connectivity index (χ2n) is 3.38. The van der Waals surface area contributed by atoms with Gasteiger partial charge in [0, 0.05) is 5.56 Å². The lowest BCUT2D eigenvalue weighted by Crippen LogP contribution is -2.04. The Bertz CT molecular complexity index is 307. The van der Waals surface area contributed by atoms with Crippen LogP contribution < -0.4 is 4.74 Å². The molecule has 1 heteroatoms. The zero-order valence-electron chi connectivity index (χ0n) is 8.08. The smallest absolute Gasteiger partial charge is 0.120 e. The van der Waals surface area contributed by atoms with Crippen LogP contribution in [0, 0.1) is 18.3 Å². The van der Waals surface area contributed by atoms with E-state index in [9.17, 15) is 0 Å². The van der Waals surface area contributed by atoms with Gasteiger partial charge in [0.2, 0.25) is 0 Å². The fourth-order valence-electron chi connectivity index (χ4n) is 0.939. The van der Waals surface area contributed by atoms with E-state index in [0.717, 1.165) is 17.9 Å². The second kappa shape index (κ2) is 4.57. The molecule has 0 aliphatic rings. The highest BCUT2D eigenvalue weighted by Crippen LogP contribution is 2.13. The lowest BCUT2D eigenvalue weighted by molar-refractivity contribution is 0.271. The molecule has 1 aromatic carbocycles. The quantitative estimate of drug-likeness (QED) is 0.640. The summed E-state index contributed by atoms with van der Waals surface area (Å²) in [5, 5.41) is 0. The Morgan fingerprint density at radius 1 is 1.46 bits per heavy atom. The zero-order valence-corrected chi connectivity index (χ0v) is 8.08. The van der Waals surface area contributed by atoms with Crippen molar-refractivity contribution in [2.45, 2.75) is 13.8 Å². The Morgan fingerprint density at radius 3 is 2.85 bits per heavy atom. The van der Waals surface area contributed by atoms with Gasteiger partial charge in [-0.1, -0.05) is 25.8 Å². The summed E-state index contributed by atoms with van der Waals surface area (Å²) in [7, 11) is 0. The molecular formula is C12H14O. The van der Waals surface area contributed by atoms with E-state index in [1.54, 1.807) is 0 Å². The van der Waals surface area contributed by atoms with E-state index in [0.29, 0.717) is 5.92 Å². The van der Waals surface area contributed by atoms with E-state index in [1.807, 2.05) is 24.3 Å². The van der Waals surface area contributed by atoms with E-state index >= 15 is 0 Å². The standard InChI is InChI=1S/C12H14O/c1-4-11-6-5-7-12(8-11)13-9-10(2)3/h1,5-8,10H,9H2,2-3H3. The van der Waals surface area contributed by atoms with Crippen LogP contribution in [0.15, 0.2) is 24.3 Å². The van der Waals surface area contributed by atoms with Gasteiger partial charge in [0.1, 0.15) is 5.75 Å². The van der Waals surface area contributed by atoms with Crippen LogP contribution in [0.3, 0.4) is 0 Å². The van der Waals surface area contributed by atoms with E-state index in [2.05, 4.69) is 19.8 Å². The fraction of sp³-hybridized carbons (Fsp3) is 0.333. The molecule has 0 aliphatic heterocycles. The van der Waals surface area contributed by atoms with Crippen LogP contribution in [-0.4, -0.2) is 6.61 Å². The molecule has 0 bridgehead atoms. The average Bonchev–Trinajstić information content (AvgIpc) is 2.15. The Labute approximate surface area is 79.7 Å². The molecular weight excluding hydrogens is 160 g/mol. The number of hydrogen-bond acceptors (Lipinski definition) is 1. The maximum atomic E-state index is 5.51. The molecule has 1 aromatic rings. The van der Waals surface area contributed by atoms with Crippen molar-refractivity contribution in [3.63, 3.8) is 0 Å². The molecule has 0 N–H and O–H groups in total. The number of benzene rings is 1. The van der Waals surface area contributed by atoms with Crippen LogP contribution >= 0.6 is 0 Å². The van der Waals surface area contributed by atoms with E-state index in [4.69, 9.17) is 11.2 Å². The minimum Gasteiger partial charge on any atom is -0.493 e. The van der Waals surface area contributed by atoms with Crippen molar-refractivity contribution in [1.29, 1.82) is 0 Å². The summed E-state index contributed by atoms with van der Waals surface area (Å²) in [6.07, 6.45) is 5.27. The van der Waals surface area contributed by atoms with E-state index in [-0.39, 0.29) is 0 Å². The zero-order chi connectivity index (χ0) is 9.68. The molecule has 0 radical (unpaired) electrons. The highest BCUT2D eigenvalue weighted by molar-refractivity contribution is 5.38. The normalized spacial score (nSPS) is 9.69. The lowest BCUT2D eigenvalue weighted by Gasteiger charge is -2.08. The summed E-state index contributed by atoms with van der Waals surface area (Å²) in [6, 6.07) is 7.60. The summed E-state index contributed by atoms with van der Waals surface area (Å²) in [6.45, 7) is 4.96. The highest BCUT2D eigenvalue weighted by Gasteiger charge is 1.96. The monoisotopic (exact) mass is 174 g/mol. The lowest BCUT2D eigenvalue weighted by atomic mass is 10.2. The van der Waals surface area contributed by atoms with Gasteiger partial charge in [-0.3, -0.25) is 0 Å². The van der Waals surface area contributed by atoms with Crippen molar-refractivity contribution in [3.8, 4) is 18.1 Å². The third kappa shape index (κ3) is 3.21. The van der Waals surface area contributed by atoms with E-state index < -0.39 is 0 Å². The van der Waals surface area contributed by atoms with E-state index in [1.165, 1.54) is 0 Å². The summed E-state index contributed by atoms with van der Waals surface area (Å²) in [5.74, 6) is 3.96. The molecule has 68 valence electrons. The first-order valence-electron chi connectivity index (χ1n) is 4.42. The topological polar surface area (TPSA) is 9.23 Å². The van der Waals surface area contributed by atoms with Crippen molar-refractivity contribution >= 4 is 0 Å². The number of ether oxygens (including phenoxy) is 1.